The first-order valence-electron chi connectivity index (χ1n) is 6.69. The Hall–Kier alpha value is -1.64. The molecule has 0 saturated heterocycles. The number of amides is 1. The van der Waals surface area contributed by atoms with Crippen LogP contribution in [-0.2, 0) is 4.79 Å². The summed E-state index contributed by atoms with van der Waals surface area (Å²) in [6.07, 6.45) is 0.874. The molecule has 0 radical (unpaired) electrons. The second-order valence-electron chi connectivity index (χ2n) is 6.50. The molecule has 0 fully saturated rings. The molecule has 3 nitrogen and oxygen atoms in total. The van der Waals surface area contributed by atoms with Gasteiger partial charge in [-0.3, -0.25) is 9.59 Å². The molecule has 1 aromatic rings. The van der Waals surface area contributed by atoms with Gasteiger partial charge in [0, 0.05) is 6.54 Å². The highest BCUT2D eigenvalue weighted by molar-refractivity contribution is 6.52. The fourth-order valence-corrected chi connectivity index (χ4v) is 2.33. The maximum atomic E-state index is 12.1. The lowest BCUT2D eigenvalue weighted by Gasteiger charge is -2.24. The van der Waals surface area contributed by atoms with E-state index >= 15 is 0 Å². The summed E-state index contributed by atoms with van der Waals surface area (Å²) in [4.78, 5) is 25.8. The van der Waals surface area contributed by atoms with Gasteiger partial charge in [-0.05, 0) is 42.9 Å². The molecule has 0 atom stereocenters. The molecular weight excluding hydrogens is 238 g/mol. The summed E-state index contributed by atoms with van der Waals surface area (Å²) in [5.74, 6) is -0.750. The molecule has 19 heavy (non-hydrogen) atoms. The van der Waals surface area contributed by atoms with Gasteiger partial charge < -0.3 is 4.90 Å². The van der Waals surface area contributed by atoms with Gasteiger partial charge in [-0.25, -0.2) is 0 Å². The van der Waals surface area contributed by atoms with Crippen molar-refractivity contribution >= 4 is 17.4 Å². The van der Waals surface area contributed by atoms with Crippen molar-refractivity contribution in [3.63, 3.8) is 0 Å². The number of Topliss-reactive ketones (excluding diaryl/α,β-unsaturated/α-hetero) is 1. The zero-order chi connectivity index (χ0) is 14.4. The zero-order valence-electron chi connectivity index (χ0n) is 12.3. The van der Waals surface area contributed by atoms with Gasteiger partial charge >= 0.3 is 0 Å². The van der Waals surface area contributed by atoms with Crippen LogP contribution in [0.4, 0.5) is 5.69 Å². The Bertz CT molecular complexity index is 553. The zero-order valence-corrected chi connectivity index (χ0v) is 12.3. The standard InChI is InChI=1S/C16H21NO2/c1-10-6-7-12-13(11(10)2)17(15(19)14(12)18)9-8-16(3,4)5/h6-7H,8-9H2,1-5H3. The molecule has 0 spiro atoms. The summed E-state index contributed by atoms with van der Waals surface area (Å²) in [6.45, 7) is 11.0. The number of nitrogens with zero attached hydrogens (tertiary/aromatic N) is 1. The summed E-state index contributed by atoms with van der Waals surface area (Å²) in [5, 5.41) is 0. The van der Waals surface area contributed by atoms with Gasteiger partial charge in [0.15, 0.2) is 0 Å². The number of hydrogen-bond acceptors (Lipinski definition) is 2. The van der Waals surface area contributed by atoms with E-state index in [2.05, 4.69) is 20.8 Å². The van der Waals surface area contributed by atoms with E-state index in [1.807, 2.05) is 19.9 Å². The second-order valence-corrected chi connectivity index (χ2v) is 6.50. The van der Waals surface area contributed by atoms with E-state index in [1.54, 1.807) is 11.0 Å². The van der Waals surface area contributed by atoms with Crippen molar-refractivity contribution in [3.05, 3.63) is 28.8 Å². The van der Waals surface area contributed by atoms with Crippen LogP contribution >= 0.6 is 0 Å². The minimum absolute atomic E-state index is 0.143. The fourth-order valence-electron chi connectivity index (χ4n) is 2.33. The van der Waals surface area contributed by atoms with Gasteiger partial charge in [0.2, 0.25) is 0 Å². The van der Waals surface area contributed by atoms with Crippen LogP contribution in [0, 0.1) is 19.3 Å². The van der Waals surface area contributed by atoms with E-state index in [-0.39, 0.29) is 17.1 Å². The Kier molecular flexibility index (Phi) is 3.25. The number of ketones is 1. The van der Waals surface area contributed by atoms with Crippen molar-refractivity contribution in [2.24, 2.45) is 5.41 Å². The monoisotopic (exact) mass is 259 g/mol. The van der Waals surface area contributed by atoms with Crippen molar-refractivity contribution in [1.29, 1.82) is 0 Å². The third-order valence-electron chi connectivity index (χ3n) is 3.74. The Morgan fingerprint density at radius 3 is 2.32 bits per heavy atom. The number of carbonyl (C=O) groups is 2. The highest BCUT2D eigenvalue weighted by Gasteiger charge is 2.37. The Labute approximate surface area is 114 Å². The highest BCUT2D eigenvalue weighted by Crippen LogP contribution is 2.35. The molecule has 0 unspecified atom stereocenters. The van der Waals surface area contributed by atoms with E-state index in [4.69, 9.17) is 0 Å². The molecule has 1 heterocycles. The smallest absolute Gasteiger partial charge is 0.299 e. The molecule has 0 aliphatic carbocycles. The Balaban J connectivity index is 2.40. The number of anilines is 1. The average molecular weight is 259 g/mol. The van der Waals surface area contributed by atoms with Crippen molar-refractivity contribution in [1.82, 2.24) is 0 Å². The van der Waals surface area contributed by atoms with E-state index in [0.29, 0.717) is 12.1 Å². The molecule has 0 bridgehead atoms. The summed E-state index contributed by atoms with van der Waals surface area (Å²) in [7, 11) is 0. The molecule has 1 aliphatic heterocycles. The number of fused-ring (bicyclic) bond motifs is 1. The SMILES string of the molecule is Cc1ccc2c(c1C)N(CCC(C)(C)C)C(=O)C2=O. The molecule has 1 aromatic carbocycles. The topological polar surface area (TPSA) is 37.4 Å². The maximum absolute atomic E-state index is 12.1. The van der Waals surface area contributed by atoms with Crippen LogP contribution in [0.25, 0.3) is 0 Å². The predicted molar refractivity (Wildman–Crippen MR) is 76.7 cm³/mol. The van der Waals surface area contributed by atoms with Crippen LogP contribution in [0.2, 0.25) is 0 Å². The first-order valence-corrected chi connectivity index (χ1v) is 6.69. The van der Waals surface area contributed by atoms with Crippen molar-refractivity contribution < 1.29 is 9.59 Å². The van der Waals surface area contributed by atoms with Crippen LogP contribution < -0.4 is 4.90 Å². The number of hydrogen-bond donors (Lipinski definition) is 0. The summed E-state index contributed by atoms with van der Waals surface area (Å²) in [6, 6.07) is 3.68. The summed E-state index contributed by atoms with van der Waals surface area (Å²) < 4.78 is 0. The first-order chi connectivity index (χ1) is 8.72. The van der Waals surface area contributed by atoms with Crippen molar-refractivity contribution in [2.75, 3.05) is 11.4 Å². The largest absolute Gasteiger partial charge is 0.304 e. The van der Waals surface area contributed by atoms with E-state index < -0.39 is 0 Å². The average Bonchev–Trinajstić information content (AvgIpc) is 2.55. The second kappa shape index (κ2) is 4.48. The lowest BCUT2D eigenvalue weighted by atomic mass is 9.92. The summed E-state index contributed by atoms with van der Waals surface area (Å²) >= 11 is 0. The molecule has 1 amide bonds. The number of carbonyl (C=O) groups excluding carboxylic acids is 2. The fraction of sp³-hybridized carbons (Fsp3) is 0.500. The number of aryl methyl sites for hydroxylation is 1. The minimum atomic E-state index is -0.382. The van der Waals surface area contributed by atoms with E-state index in [0.717, 1.165) is 23.2 Å². The molecule has 102 valence electrons. The molecule has 3 heteroatoms. The van der Waals surface area contributed by atoms with Crippen molar-refractivity contribution in [3.8, 4) is 0 Å². The van der Waals surface area contributed by atoms with E-state index in [1.165, 1.54) is 0 Å². The van der Waals surface area contributed by atoms with Gasteiger partial charge in [0.25, 0.3) is 11.7 Å². The Morgan fingerprint density at radius 2 is 1.74 bits per heavy atom. The van der Waals surface area contributed by atoms with Gasteiger partial charge in [0.1, 0.15) is 0 Å². The molecule has 0 N–H and O–H groups in total. The lowest BCUT2D eigenvalue weighted by molar-refractivity contribution is -0.114. The third kappa shape index (κ3) is 2.42. The number of benzene rings is 1. The minimum Gasteiger partial charge on any atom is -0.304 e. The maximum Gasteiger partial charge on any atom is 0.299 e. The normalized spacial score (nSPS) is 15.1. The quantitative estimate of drug-likeness (QED) is 0.764. The van der Waals surface area contributed by atoms with Gasteiger partial charge in [0.05, 0.1) is 11.3 Å². The van der Waals surface area contributed by atoms with E-state index in [9.17, 15) is 9.59 Å². The van der Waals surface area contributed by atoms with Gasteiger partial charge in [-0.2, -0.15) is 0 Å². The molecule has 1 aliphatic rings. The first kappa shape index (κ1) is 13.8. The molecule has 2 rings (SSSR count). The number of rotatable bonds is 2. The van der Waals surface area contributed by atoms with Crippen LogP contribution in [0.1, 0.15) is 48.7 Å². The van der Waals surface area contributed by atoms with Crippen LogP contribution in [0.3, 0.4) is 0 Å². The van der Waals surface area contributed by atoms with Gasteiger partial charge in [-0.15, -0.1) is 0 Å². The predicted octanol–water partition coefficient (Wildman–Crippen LogP) is 3.27. The van der Waals surface area contributed by atoms with Crippen LogP contribution in [0.15, 0.2) is 12.1 Å². The lowest BCUT2D eigenvalue weighted by Crippen LogP contribution is -2.33. The summed E-state index contributed by atoms with van der Waals surface area (Å²) in [5.41, 5.74) is 3.66. The van der Waals surface area contributed by atoms with Crippen LogP contribution in [-0.4, -0.2) is 18.2 Å². The highest BCUT2D eigenvalue weighted by atomic mass is 16.2. The molecule has 0 saturated carbocycles. The Morgan fingerprint density at radius 1 is 1.11 bits per heavy atom. The van der Waals surface area contributed by atoms with Gasteiger partial charge in [-0.1, -0.05) is 26.8 Å². The molecule has 0 aromatic heterocycles. The van der Waals surface area contributed by atoms with Crippen molar-refractivity contribution in [2.45, 2.75) is 41.0 Å². The van der Waals surface area contributed by atoms with Crippen LogP contribution in [0.5, 0.6) is 0 Å². The third-order valence-corrected chi connectivity index (χ3v) is 3.74. The molecular formula is C16H21NO2.